The fourth-order valence-corrected chi connectivity index (χ4v) is 3.75. The molecule has 5 nitrogen and oxygen atoms in total. The van der Waals surface area contributed by atoms with Gasteiger partial charge in [-0.05, 0) is 72.3 Å². The topological polar surface area (TPSA) is 105 Å². The molecule has 32 heavy (non-hydrogen) atoms. The van der Waals surface area contributed by atoms with Crippen LogP contribution >= 0.6 is 0 Å². The summed E-state index contributed by atoms with van der Waals surface area (Å²) in [4.78, 5) is 12.9. The van der Waals surface area contributed by atoms with Crippen molar-refractivity contribution in [3.05, 3.63) is 41.5 Å². The Labute approximate surface area is 193 Å². The van der Waals surface area contributed by atoms with Gasteiger partial charge in [-0.15, -0.1) is 0 Å². The molecule has 5 N–H and O–H groups in total. The number of nitrogens with one attached hydrogen (secondary N) is 1. The summed E-state index contributed by atoms with van der Waals surface area (Å²) in [6, 6.07) is 8.32. The highest BCUT2D eigenvalue weighted by Crippen LogP contribution is 2.35. The molecule has 1 aliphatic carbocycles. The largest absolute Gasteiger partial charge is 0.398 e. The van der Waals surface area contributed by atoms with Crippen LogP contribution in [0, 0.1) is 28.6 Å². The minimum absolute atomic E-state index is 0.00375. The van der Waals surface area contributed by atoms with Crippen molar-refractivity contribution in [2.75, 3.05) is 12.3 Å². The fraction of sp³-hybridized carbons (Fsp3) is 0.556. The molecule has 1 amide bonds. The third-order valence-corrected chi connectivity index (χ3v) is 5.80. The van der Waals surface area contributed by atoms with Gasteiger partial charge in [-0.1, -0.05) is 58.9 Å². The monoisotopic (exact) mass is 436 g/mol. The number of carbonyl (C=O) groups excluding carboxylic acids is 1. The zero-order valence-corrected chi connectivity index (χ0v) is 20.4. The maximum atomic E-state index is 12.9. The van der Waals surface area contributed by atoms with Crippen molar-refractivity contribution in [2.24, 2.45) is 23.0 Å². The molecule has 174 valence electrons. The van der Waals surface area contributed by atoms with Gasteiger partial charge >= 0.3 is 0 Å². The first-order chi connectivity index (χ1) is 15.0. The molecule has 0 spiro atoms. The quantitative estimate of drug-likeness (QED) is 0.434. The lowest BCUT2D eigenvalue weighted by molar-refractivity contribution is -0.126. The van der Waals surface area contributed by atoms with Crippen molar-refractivity contribution in [1.82, 2.24) is 5.32 Å². The van der Waals surface area contributed by atoms with Crippen LogP contribution in [-0.4, -0.2) is 18.0 Å². The molecular formula is C27H40N4O. The molecule has 0 radical (unpaired) electrons. The van der Waals surface area contributed by atoms with Crippen LogP contribution in [0.1, 0.15) is 77.8 Å². The lowest BCUT2D eigenvalue weighted by Gasteiger charge is -2.21. The normalized spacial score (nSPS) is 16.8. The van der Waals surface area contributed by atoms with E-state index in [2.05, 4.69) is 64.2 Å². The molecule has 0 aliphatic heterocycles. The minimum atomic E-state index is -0.631. The molecule has 0 bridgehead atoms. The Morgan fingerprint density at radius 2 is 2.00 bits per heavy atom. The van der Waals surface area contributed by atoms with Gasteiger partial charge in [0, 0.05) is 18.2 Å². The molecule has 1 aromatic rings. The predicted octanol–water partition coefficient (Wildman–Crippen LogP) is 5.29. The number of benzene rings is 1. The van der Waals surface area contributed by atoms with Crippen LogP contribution in [0.2, 0.25) is 0 Å². The van der Waals surface area contributed by atoms with Gasteiger partial charge in [-0.2, -0.15) is 5.26 Å². The third kappa shape index (κ3) is 7.84. The molecule has 1 aliphatic rings. The zero-order valence-electron chi connectivity index (χ0n) is 20.4. The van der Waals surface area contributed by atoms with Crippen molar-refractivity contribution >= 4 is 23.2 Å². The van der Waals surface area contributed by atoms with Crippen LogP contribution in [0.15, 0.2) is 30.4 Å². The van der Waals surface area contributed by atoms with Crippen molar-refractivity contribution < 1.29 is 4.79 Å². The Hall–Kier alpha value is -2.58. The fourth-order valence-electron chi connectivity index (χ4n) is 3.75. The van der Waals surface area contributed by atoms with Crippen LogP contribution in [0.4, 0.5) is 5.69 Å². The number of hydrogen-bond acceptors (Lipinski definition) is 4. The SMILES string of the molecule is CC(C)CC(CC/C(=C\CN)c1ccc(N)c(C=CC(C)(C)C)c1)C(=O)NC1(C#N)CC1. The molecule has 1 fully saturated rings. The van der Waals surface area contributed by atoms with Gasteiger partial charge in [0.25, 0.3) is 0 Å². The van der Waals surface area contributed by atoms with Gasteiger partial charge in [-0.25, -0.2) is 0 Å². The number of amides is 1. The smallest absolute Gasteiger partial charge is 0.224 e. The van der Waals surface area contributed by atoms with Crippen molar-refractivity contribution in [2.45, 2.75) is 72.3 Å². The lowest BCUT2D eigenvalue weighted by atomic mass is 9.88. The van der Waals surface area contributed by atoms with E-state index in [9.17, 15) is 10.1 Å². The Kier molecular flexibility index (Phi) is 8.69. The number of nitriles is 1. The Balaban J connectivity index is 2.19. The number of allylic oxidation sites excluding steroid dienone is 2. The van der Waals surface area contributed by atoms with E-state index in [0.717, 1.165) is 54.5 Å². The summed E-state index contributed by atoms with van der Waals surface area (Å²) in [5, 5.41) is 12.3. The molecule has 1 saturated carbocycles. The van der Waals surface area contributed by atoms with E-state index in [-0.39, 0.29) is 17.2 Å². The summed E-state index contributed by atoms with van der Waals surface area (Å²) in [5.41, 5.74) is 15.5. The van der Waals surface area contributed by atoms with Gasteiger partial charge in [0.1, 0.15) is 5.54 Å². The molecular weight excluding hydrogens is 396 g/mol. The Morgan fingerprint density at radius 3 is 2.53 bits per heavy atom. The summed E-state index contributed by atoms with van der Waals surface area (Å²) in [7, 11) is 0. The van der Waals surface area contributed by atoms with Crippen molar-refractivity contribution in [1.29, 1.82) is 5.26 Å². The number of nitrogen functional groups attached to an aromatic ring is 1. The van der Waals surface area contributed by atoms with E-state index in [4.69, 9.17) is 11.5 Å². The number of anilines is 1. The highest BCUT2D eigenvalue weighted by molar-refractivity contribution is 5.81. The molecule has 0 saturated heterocycles. The van der Waals surface area contributed by atoms with E-state index in [1.54, 1.807) is 0 Å². The zero-order chi connectivity index (χ0) is 23.9. The number of carbonyl (C=O) groups is 1. The lowest BCUT2D eigenvalue weighted by Crippen LogP contribution is -2.40. The van der Waals surface area contributed by atoms with E-state index < -0.39 is 5.54 Å². The van der Waals surface area contributed by atoms with Crippen molar-refractivity contribution in [3.8, 4) is 6.07 Å². The average molecular weight is 437 g/mol. The van der Waals surface area contributed by atoms with Crippen LogP contribution in [0.3, 0.4) is 0 Å². The van der Waals surface area contributed by atoms with E-state index in [1.165, 1.54) is 0 Å². The minimum Gasteiger partial charge on any atom is -0.398 e. The van der Waals surface area contributed by atoms with Gasteiger partial charge < -0.3 is 16.8 Å². The van der Waals surface area contributed by atoms with E-state index >= 15 is 0 Å². The highest BCUT2D eigenvalue weighted by atomic mass is 16.2. The molecule has 0 heterocycles. The summed E-state index contributed by atoms with van der Waals surface area (Å²) in [6.45, 7) is 11.2. The van der Waals surface area contributed by atoms with Crippen LogP contribution < -0.4 is 16.8 Å². The Bertz CT molecular complexity index is 895. The van der Waals surface area contributed by atoms with Crippen LogP contribution in [0.5, 0.6) is 0 Å². The number of hydrogen-bond donors (Lipinski definition) is 3. The summed E-state index contributed by atoms with van der Waals surface area (Å²) < 4.78 is 0. The van der Waals surface area contributed by atoms with Gasteiger partial charge in [0.15, 0.2) is 0 Å². The maximum Gasteiger partial charge on any atom is 0.224 e. The number of nitrogens with two attached hydrogens (primary N) is 2. The van der Waals surface area contributed by atoms with E-state index in [1.807, 2.05) is 18.2 Å². The second kappa shape index (κ2) is 10.8. The van der Waals surface area contributed by atoms with Gasteiger partial charge in [-0.3, -0.25) is 4.79 Å². The second-order valence-corrected chi connectivity index (χ2v) is 10.6. The molecule has 0 aromatic heterocycles. The summed E-state index contributed by atoms with van der Waals surface area (Å²) >= 11 is 0. The molecule has 5 heteroatoms. The summed E-state index contributed by atoms with van der Waals surface area (Å²) in [5.74, 6) is 0.266. The number of rotatable bonds is 10. The van der Waals surface area contributed by atoms with Crippen LogP contribution in [0.25, 0.3) is 11.6 Å². The van der Waals surface area contributed by atoms with Gasteiger partial charge in [0.05, 0.1) is 6.07 Å². The standard InChI is InChI=1S/C27H40N4O/c1-19(2)16-23(25(32)31-27(18-29)13-14-27)7-6-20(11-15-28)21-8-9-24(30)22(17-21)10-12-26(3,4)5/h8-12,17,19,23H,6-7,13-16,28,30H2,1-5H3,(H,31,32)/b12-10?,20-11+. The molecule has 1 aromatic carbocycles. The average Bonchev–Trinajstić information content (AvgIpc) is 3.48. The second-order valence-electron chi connectivity index (χ2n) is 10.6. The first-order valence-corrected chi connectivity index (χ1v) is 11.7. The van der Waals surface area contributed by atoms with Crippen molar-refractivity contribution in [3.63, 3.8) is 0 Å². The molecule has 1 atom stereocenters. The van der Waals surface area contributed by atoms with E-state index in [0.29, 0.717) is 12.5 Å². The summed E-state index contributed by atoms with van der Waals surface area (Å²) in [6.07, 6.45) is 10.0. The van der Waals surface area contributed by atoms with Gasteiger partial charge in [0.2, 0.25) is 5.91 Å². The predicted molar refractivity (Wildman–Crippen MR) is 134 cm³/mol. The maximum absolute atomic E-state index is 12.9. The van der Waals surface area contributed by atoms with Crippen LogP contribution in [-0.2, 0) is 4.79 Å². The number of nitrogens with zero attached hydrogens (tertiary/aromatic N) is 1. The highest BCUT2D eigenvalue weighted by Gasteiger charge is 2.45. The first-order valence-electron chi connectivity index (χ1n) is 11.7. The molecule has 1 unspecified atom stereocenters. The Morgan fingerprint density at radius 1 is 1.31 bits per heavy atom. The third-order valence-electron chi connectivity index (χ3n) is 5.80. The first kappa shape index (κ1) is 25.7. The molecule has 2 rings (SSSR count).